The molecule has 0 aliphatic carbocycles. The van der Waals surface area contributed by atoms with Gasteiger partial charge in [-0.25, -0.2) is 0 Å². The Morgan fingerprint density at radius 1 is 1.67 bits per heavy atom. The second-order valence-corrected chi connectivity index (χ2v) is 7.57. The molecule has 4 nitrogen and oxygen atoms in total. The molecule has 0 aromatic carbocycles. The van der Waals surface area contributed by atoms with Crippen LogP contribution in [0.2, 0.25) is 0 Å². The number of rotatable bonds is 5. The average molecular weight is 291 g/mol. The van der Waals surface area contributed by atoms with Crippen molar-refractivity contribution >= 4 is 29.5 Å². The Kier molecular flexibility index (Phi) is 5.24. The fraction of sp³-hybridized carbons (Fsp3) is 0.917. The molecule has 0 aromatic heterocycles. The number of carbonyl (C=O) groups is 1. The summed E-state index contributed by atoms with van der Waals surface area (Å²) in [6, 6.07) is -0.715. The van der Waals surface area contributed by atoms with Crippen molar-refractivity contribution in [3.05, 3.63) is 0 Å². The molecule has 2 aliphatic heterocycles. The summed E-state index contributed by atoms with van der Waals surface area (Å²) in [7, 11) is 0. The van der Waals surface area contributed by atoms with E-state index in [0.717, 1.165) is 31.0 Å². The number of thioether (sulfide) groups is 2. The van der Waals surface area contributed by atoms with E-state index in [1.54, 1.807) is 0 Å². The molecule has 18 heavy (non-hydrogen) atoms. The molecular formula is C12H21NO3S2. The first-order chi connectivity index (χ1) is 8.61. The standard InChI is InChI=1S/C12H21NO3S2/c13-10(11(14)15)2-5-18-9-1-4-16-12(7-9)3-6-17-8-12/h9-10H,1-8,13H2,(H,14,15). The quantitative estimate of drug-likeness (QED) is 0.801. The summed E-state index contributed by atoms with van der Waals surface area (Å²) in [4.78, 5) is 10.6. The Morgan fingerprint density at radius 2 is 2.50 bits per heavy atom. The number of hydrogen-bond donors (Lipinski definition) is 2. The summed E-state index contributed by atoms with van der Waals surface area (Å²) in [5.41, 5.74) is 5.63. The lowest BCUT2D eigenvalue weighted by molar-refractivity contribution is -0.138. The molecule has 2 heterocycles. The number of aliphatic carboxylic acids is 1. The largest absolute Gasteiger partial charge is 0.480 e. The maximum Gasteiger partial charge on any atom is 0.320 e. The summed E-state index contributed by atoms with van der Waals surface area (Å²) < 4.78 is 5.97. The van der Waals surface area contributed by atoms with Crippen molar-refractivity contribution in [3.8, 4) is 0 Å². The molecule has 0 aromatic rings. The molecule has 2 fully saturated rings. The lowest BCUT2D eigenvalue weighted by Crippen LogP contribution is -2.41. The molecule has 3 N–H and O–H groups in total. The zero-order valence-corrected chi connectivity index (χ0v) is 12.1. The summed E-state index contributed by atoms with van der Waals surface area (Å²) in [6.07, 6.45) is 3.93. The lowest BCUT2D eigenvalue weighted by atomic mass is 9.93. The highest BCUT2D eigenvalue weighted by Crippen LogP contribution is 2.41. The molecule has 3 unspecified atom stereocenters. The van der Waals surface area contributed by atoms with Gasteiger partial charge in [-0.05, 0) is 37.2 Å². The van der Waals surface area contributed by atoms with E-state index >= 15 is 0 Å². The van der Waals surface area contributed by atoms with Gasteiger partial charge in [0.2, 0.25) is 0 Å². The summed E-state index contributed by atoms with van der Waals surface area (Å²) in [5, 5.41) is 9.34. The second kappa shape index (κ2) is 6.50. The summed E-state index contributed by atoms with van der Waals surface area (Å²) in [5.74, 6) is 2.27. The predicted molar refractivity (Wildman–Crippen MR) is 76.3 cm³/mol. The van der Waals surface area contributed by atoms with E-state index in [2.05, 4.69) is 0 Å². The van der Waals surface area contributed by atoms with Gasteiger partial charge in [0, 0.05) is 17.6 Å². The average Bonchev–Trinajstić information content (AvgIpc) is 2.77. The third-order valence-corrected chi connectivity index (χ3v) is 6.18. The van der Waals surface area contributed by atoms with E-state index in [1.807, 2.05) is 23.5 Å². The highest BCUT2D eigenvalue weighted by atomic mass is 32.2. The Labute approximate surface area is 116 Å². The maximum atomic E-state index is 10.6. The molecule has 2 rings (SSSR count). The highest BCUT2D eigenvalue weighted by molar-refractivity contribution is 8.00. The van der Waals surface area contributed by atoms with Gasteiger partial charge in [-0.3, -0.25) is 4.79 Å². The highest BCUT2D eigenvalue weighted by Gasteiger charge is 2.40. The number of carboxylic acids is 1. The van der Waals surface area contributed by atoms with E-state index in [9.17, 15) is 4.79 Å². The van der Waals surface area contributed by atoms with Crippen LogP contribution >= 0.6 is 23.5 Å². The van der Waals surface area contributed by atoms with Gasteiger partial charge in [0.05, 0.1) is 5.60 Å². The van der Waals surface area contributed by atoms with Gasteiger partial charge >= 0.3 is 5.97 Å². The van der Waals surface area contributed by atoms with E-state index in [4.69, 9.17) is 15.6 Å². The number of nitrogens with two attached hydrogens (primary N) is 1. The van der Waals surface area contributed by atoms with Crippen LogP contribution in [0.15, 0.2) is 0 Å². The van der Waals surface area contributed by atoms with Gasteiger partial charge < -0.3 is 15.6 Å². The number of carboxylic acid groups (broad SMARTS) is 1. The Hall–Kier alpha value is 0.0900. The first kappa shape index (κ1) is 14.5. The van der Waals surface area contributed by atoms with Crippen LogP contribution < -0.4 is 5.73 Å². The first-order valence-electron chi connectivity index (χ1n) is 6.43. The second-order valence-electron chi connectivity index (χ2n) is 5.05. The number of ether oxygens (including phenoxy) is 1. The smallest absolute Gasteiger partial charge is 0.320 e. The van der Waals surface area contributed by atoms with E-state index in [0.29, 0.717) is 11.7 Å². The van der Waals surface area contributed by atoms with Gasteiger partial charge in [0.15, 0.2) is 0 Å². The zero-order valence-electron chi connectivity index (χ0n) is 10.5. The molecular weight excluding hydrogens is 270 g/mol. The van der Waals surface area contributed by atoms with Crippen LogP contribution in [0.3, 0.4) is 0 Å². The van der Waals surface area contributed by atoms with Gasteiger partial charge in [0.1, 0.15) is 6.04 Å². The topological polar surface area (TPSA) is 72.5 Å². The molecule has 3 atom stereocenters. The SMILES string of the molecule is NC(CCSC1CCOC2(CCSC2)C1)C(=O)O. The lowest BCUT2D eigenvalue weighted by Gasteiger charge is -2.37. The van der Waals surface area contributed by atoms with Crippen molar-refractivity contribution in [1.82, 2.24) is 0 Å². The van der Waals surface area contributed by atoms with Crippen LogP contribution in [0.25, 0.3) is 0 Å². The molecule has 2 aliphatic rings. The summed E-state index contributed by atoms with van der Waals surface area (Å²) >= 11 is 3.85. The zero-order chi connectivity index (χ0) is 13.0. The third-order valence-electron chi connectivity index (χ3n) is 3.61. The molecule has 1 spiro atoms. The normalized spacial score (nSPS) is 33.7. The Balaban J connectivity index is 1.71. The minimum absolute atomic E-state index is 0.121. The van der Waals surface area contributed by atoms with Gasteiger partial charge in [0.25, 0.3) is 0 Å². The van der Waals surface area contributed by atoms with Crippen LogP contribution in [0.5, 0.6) is 0 Å². The van der Waals surface area contributed by atoms with Crippen molar-refractivity contribution in [2.24, 2.45) is 5.73 Å². The Morgan fingerprint density at radius 3 is 3.17 bits per heavy atom. The fourth-order valence-electron chi connectivity index (χ4n) is 2.47. The summed E-state index contributed by atoms with van der Waals surface area (Å²) in [6.45, 7) is 0.850. The van der Waals surface area contributed by atoms with Gasteiger partial charge in [-0.15, -0.1) is 0 Å². The molecule has 0 radical (unpaired) electrons. The minimum atomic E-state index is -0.897. The van der Waals surface area contributed by atoms with E-state index in [1.165, 1.54) is 12.2 Å². The van der Waals surface area contributed by atoms with Gasteiger partial charge in [-0.1, -0.05) is 0 Å². The Bertz CT molecular complexity index is 295. The van der Waals surface area contributed by atoms with Crippen molar-refractivity contribution in [2.75, 3.05) is 23.9 Å². The minimum Gasteiger partial charge on any atom is -0.480 e. The molecule has 104 valence electrons. The maximum absolute atomic E-state index is 10.6. The first-order valence-corrected chi connectivity index (χ1v) is 8.63. The molecule has 2 saturated heterocycles. The molecule has 0 saturated carbocycles. The van der Waals surface area contributed by atoms with Crippen molar-refractivity contribution < 1.29 is 14.6 Å². The van der Waals surface area contributed by atoms with Crippen LogP contribution in [0, 0.1) is 0 Å². The van der Waals surface area contributed by atoms with Gasteiger partial charge in [-0.2, -0.15) is 23.5 Å². The van der Waals surface area contributed by atoms with Crippen molar-refractivity contribution in [1.29, 1.82) is 0 Å². The van der Waals surface area contributed by atoms with Crippen LogP contribution in [-0.2, 0) is 9.53 Å². The molecule has 6 heteroatoms. The predicted octanol–water partition coefficient (Wildman–Crippen LogP) is 1.58. The molecule has 0 amide bonds. The van der Waals surface area contributed by atoms with Crippen LogP contribution in [0.1, 0.15) is 25.7 Å². The van der Waals surface area contributed by atoms with E-state index in [-0.39, 0.29) is 5.60 Å². The van der Waals surface area contributed by atoms with Crippen LogP contribution in [-0.4, -0.2) is 51.8 Å². The van der Waals surface area contributed by atoms with Crippen LogP contribution in [0.4, 0.5) is 0 Å². The molecule has 0 bridgehead atoms. The van der Waals surface area contributed by atoms with Crippen molar-refractivity contribution in [3.63, 3.8) is 0 Å². The van der Waals surface area contributed by atoms with E-state index < -0.39 is 12.0 Å². The third kappa shape index (κ3) is 3.79. The van der Waals surface area contributed by atoms with Crippen molar-refractivity contribution in [2.45, 2.75) is 42.6 Å². The number of hydrogen-bond acceptors (Lipinski definition) is 5. The monoisotopic (exact) mass is 291 g/mol. The fourth-order valence-corrected chi connectivity index (χ4v) is 5.26.